The van der Waals surface area contributed by atoms with Crippen LogP contribution in [0.15, 0.2) is 0 Å². The SMILES string of the molecule is COCC(O)CC(CC(O)COC)(OC)C(C)O. The Morgan fingerprint density at radius 2 is 1.28 bits per heavy atom. The normalized spacial score (nSPS) is 20.2. The Balaban J connectivity index is 4.70. The van der Waals surface area contributed by atoms with Crippen LogP contribution in [0.25, 0.3) is 0 Å². The molecule has 0 saturated carbocycles. The van der Waals surface area contributed by atoms with Gasteiger partial charge in [0.1, 0.15) is 0 Å². The standard InChI is InChI=1S/C12H26O6/c1-9(13)12(18-4,5-10(14)7-16-2)6-11(15)8-17-3/h9-11,13-15H,5-8H2,1-4H3. The lowest BCUT2D eigenvalue weighted by molar-refractivity contribution is -0.145. The molecule has 0 fully saturated rings. The van der Waals surface area contributed by atoms with E-state index in [2.05, 4.69) is 0 Å². The van der Waals surface area contributed by atoms with Crippen molar-refractivity contribution in [1.29, 1.82) is 0 Å². The quantitative estimate of drug-likeness (QED) is 0.496. The highest BCUT2D eigenvalue weighted by Gasteiger charge is 2.39. The van der Waals surface area contributed by atoms with Crippen LogP contribution in [-0.2, 0) is 14.2 Å². The molecule has 0 aliphatic heterocycles. The van der Waals surface area contributed by atoms with Crippen molar-refractivity contribution >= 4 is 0 Å². The molecule has 110 valence electrons. The summed E-state index contributed by atoms with van der Waals surface area (Å²) < 4.78 is 15.1. The lowest BCUT2D eigenvalue weighted by Gasteiger charge is -2.38. The molecular weight excluding hydrogens is 240 g/mol. The second-order valence-corrected chi connectivity index (χ2v) is 4.57. The highest BCUT2D eigenvalue weighted by molar-refractivity contribution is 4.90. The average Bonchev–Trinajstić information content (AvgIpc) is 2.28. The van der Waals surface area contributed by atoms with E-state index in [1.54, 1.807) is 6.92 Å². The van der Waals surface area contributed by atoms with Crippen molar-refractivity contribution in [3.05, 3.63) is 0 Å². The molecule has 6 heteroatoms. The minimum absolute atomic E-state index is 0.151. The average molecular weight is 266 g/mol. The fourth-order valence-corrected chi connectivity index (χ4v) is 2.06. The summed E-state index contributed by atoms with van der Waals surface area (Å²) in [5, 5.41) is 29.4. The van der Waals surface area contributed by atoms with E-state index in [4.69, 9.17) is 14.2 Å². The molecule has 0 aliphatic carbocycles. The van der Waals surface area contributed by atoms with Gasteiger partial charge >= 0.3 is 0 Å². The molecule has 0 bridgehead atoms. The van der Waals surface area contributed by atoms with E-state index >= 15 is 0 Å². The van der Waals surface area contributed by atoms with Crippen LogP contribution in [0.5, 0.6) is 0 Å². The molecule has 6 nitrogen and oxygen atoms in total. The lowest BCUT2D eigenvalue weighted by atomic mass is 9.85. The summed E-state index contributed by atoms with van der Waals surface area (Å²) in [5.41, 5.74) is -1.02. The summed E-state index contributed by atoms with van der Waals surface area (Å²) in [7, 11) is 4.42. The van der Waals surface area contributed by atoms with E-state index in [0.29, 0.717) is 0 Å². The summed E-state index contributed by atoms with van der Waals surface area (Å²) in [4.78, 5) is 0. The van der Waals surface area contributed by atoms with E-state index < -0.39 is 23.9 Å². The summed E-state index contributed by atoms with van der Waals surface area (Å²) >= 11 is 0. The maximum absolute atomic E-state index is 9.87. The van der Waals surface area contributed by atoms with Gasteiger partial charge in [-0.15, -0.1) is 0 Å². The van der Waals surface area contributed by atoms with Crippen molar-refractivity contribution < 1.29 is 29.5 Å². The van der Waals surface area contributed by atoms with Crippen LogP contribution in [0.4, 0.5) is 0 Å². The van der Waals surface area contributed by atoms with Gasteiger partial charge in [-0.05, 0) is 6.92 Å². The van der Waals surface area contributed by atoms with Crippen molar-refractivity contribution in [3.8, 4) is 0 Å². The maximum atomic E-state index is 9.87. The van der Waals surface area contributed by atoms with Crippen LogP contribution >= 0.6 is 0 Å². The van der Waals surface area contributed by atoms with E-state index in [9.17, 15) is 15.3 Å². The van der Waals surface area contributed by atoms with Crippen LogP contribution in [0, 0.1) is 0 Å². The molecule has 0 saturated heterocycles. The molecule has 3 unspecified atom stereocenters. The van der Waals surface area contributed by atoms with Crippen molar-refractivity contribution in [1.82, 2.24) is 0 Å². The fraction of sp³-hybridized carbons (Fsp3) is 1.00. The molecule has 0 heterocycles. The monoisotopic (exact) mass is 266 g/mol. The van der Waals surface area contributed by atoms with Gasteiger partial charge in [0.05, 0.1) is 37.1 Å². The minimum Gasteiger partial charge on any atom is -0.391 e. The Morgan fingerprint density at radius 3 is 1.50 bits per heavy atom. The Morgan fingerprint density at radius 1 is 0.889 bits per heavy atom. The predicted molar refractivity (Wildman–Crippen MR) is 66.4 cm³/mol. The summed E-state index contributed by atoms with van der Waals surface area (Å²) in [5.74, 6) is 0. The number of aliphatic hydroxyl groups excluding tert-OH is 3. The Labute approximate surface area is 108 Å². The summed E-state index contributed by atoms with van der Waals surface area (Å²) in [6, 6.07) is 0. The molecular formula is C12H26O6. The van der Waals surface area contributed by atoms with Crippen LogP contribution in [0.2, 0.25) is 0 Å². The Kier molecular flexibility index (Phi) is 8.67. The molecule has 3 atom stereocenters. The smallest absolute Gasteiger partial charge is 0.0984 e. The van der Waals surface area contributed by atoms with Crippen molar-refractivity contribution in [3.63, 3.8) is 0 Å². The first kappa shape index (κ1) is 17.8. The number of hydrogen-bond acceptors (Lipinski definition) is 6. The van der Waals surface area contributed by atoms with Gasteiger partial charge in [0, 0.05) is 34.2 Å². The number of hydrogen-bond donors (Lipinski definition) is 3. The molecule has 0 amide bonds. The molecule has 0 spiro atoms. The molecule has 3 N–H and O–H groups in total. The molecule has 0 aliphatic rings. The second-order valence-electron chi connectivity index (χ2n) is 4.57. The third kappa shape index (κ3) is 5.60. The zero-order valence-corrected chi connectivity index (χ0v) is 11.6. The highest BCUT2D eigenvalue weighted by Crippen LogP contribution is 2.28. The molecule has 0 aromatic heterocycles. The van der Waals surface area contributed by atoms with Crippen LogP contribution < -0.4 is 0 Å². The first-order valence-electron chi connectivity index (χ1n) is 5.99. The molecule has 18 heavy (non-hydrogen) atoms. The van der Waals surface area contributed by atoms with Crippen LogP contribution in [0.1, 0.15) is 19.8 Å². The highest BCUT2D eigenvalue weighted by atomic mass is 16.5. The Bertz CT molecular complexity index is 195. The largest absolute Gasteiger partial charge is 0.391 e. The van der Waals surface area contributed by atoms with E-state index in [1.165, 1.54) is 21.3 Å². The summed E-state index contributed by atoms with van der Waals surface area (Å²) in [6.07, 6.45) is -2.01. The van der Waals surface area contributed by atoms with Crippen LogP contribution in [0.3, 0.4) is 0 Å². The third-order valence-electron chi connectivity index (χ3n) is 3.05. The number of rotatable bonds is 10. The zero-order chi connectivity index (χ0) is 14.2. The predicted octanol–water partition coefficient (Wildman–Crippen LogP) is -0.453. The third-order valence-corrected chi connectivity index (χ3v) is 3.05. The van der Waals surface area contributed by atoms with Gasteiger partial charge < -0.3 is 29.5 Å². The summed E-state index contributed by atoms with van der Waals surface area (Å²) in [6.45, 7) is 1.87. The molecule has 0 aromatic rings. The topological polar surface area (TPSA) is 88.4 Å². The second kappa shape index (κ2) is 8.79. The number of ether oxygens (including phenoxy) is 3. The van der Waals surface area contributed by atoms with Gasteiger partial charge in [0.15, 0.2) is 0 Å². The fourth-order valence-electron chi connectivity index (χ4n) is 2.06. The zero-order valence-electron chi connectivity index (χ0n) is 11.6. The first-order valence-corrected chi connectivity index (χ1v) is 5.99. The minimum atomic E-state index is -1.02. The van der Waals surface area contributed by atoms with Crippen LogP contribution in [-0.4, -0.2) is 73.8 Å². The first-order chi connectivity index (χ1) is 8.41. The van der Waals surface area contributed by atoms with Gasteiger partial charge in [-0.25, -0.2) is 0 Å². The van der Waals surface area contributed by atoms with Gasteiger partial charge in [0.2, 0.25) is 0 Å². The number of methoxy groups -OCH3 is 3. The van der Waals surface area contributed by atoms with Gasteiger partial charge in [-0.2, -0.15) is 0 Å². The Hall–Kier alpha value is -0.240. The van der Waals surface area contributed by atoms with Crippen molar-refractivity contribution in [2.24, 2.45) is 0 Å². The molecule has 0 radical (unpaired) electrons. The molecule has 0 rings (SSSR count). The van der Waals surface area contributed by atoms with Gasteiger partial charge in [-0.1, -0.05) is 0 Å². The van der Waals surface area contributed by atoms with E-state index in [0.717, 1.165) is 0 Å². The maximum Gasteiger partial charge on any atom is 0.0984 e. The lowest BCUT2D eigenvalue weighted by Crippen LogP contribution is -2.49. The van der Waals surface area contributed by atoms with Crippen molar-refractivity contribution in [2.45, 2.75) is 43.7 Å². The van der Waals surface area contributed by atoms with Gasteiger partial charge in [-0.3, -0.25) is 0 Å². The molecule has 0 aromatic carbocycles. The number of aliphatic hydroxyl groups is 3. The van der Waals surface area contributed by atoms with E-state index in [1.807, 2.05) is 0 Å². The van der Waals surface area contributed by atoms with Gasteiger partial charge in [0.25, 0.3) is 0 Å². The van der Waals surface area contributed by atoms with E-state index in [-0.39, 0.29) is 26.1 Å². The van der Waals surface area contributed by atoms with Crippen molar-refractivity contribution in [2.75, 3.05) is 34.5 Å².